The third kappa shape index (κ3) is 5.11. The minimum Gasteiger partial charge on any atom is -0.496 e. The second-order valence-electron chi connectivity index (χ2n) is 6.01. The second kappa shape index (κ2) is 9.64. The van der Waals surface area contributed by atoms with Gasteiger partial charge in [-0.1, -0.05) is 11.6 Å². The first kappa shape index (κ1) is 21.7. The van der Waals surface area contributed by atoms with E-state index in [0.29, 0.717) is 45.7 Å². The van der Waals surface area contributed by atoms with Crippen molar-refractivity contribution in [3.05, 3.63) is 53.2 Å². The predicted octanol–water partition coefficient (Wildman–Crippen LogP) is 5.05. The molecule has 0 spiro atoms. The van der Waals surface area contributed by atoms with Crippen molar-refractivity contribution in [2.24, 2.45) is 0 Å². The summed E-state index contributed by atoms with van der Waals surface area (Å²) < 4.78 is 35.6. The summed E-state index contributed by atoms with van der Waals surface area (Å²) in [5.41, 5.74) is 1.39. The van der Waals surface area contributed by atoms with E-state index in [9.17, 15) is 13.6 Å². The number of benzene rings is 2. The van der Waals surface area contributed by atoms with Gasteiger partial charge in [-0.2, -0.15) is 0 Å². The molecule has 10 heteroatoms. The molecule has 0 aliphatic rings. The van der Waals surface area contributed by atoms with Crippen LogP contribution in [0.2, 0.25) is 5.02 Å². The van der Waals surface area contributed by atoms with Gasteiger partial charge < -0.3 is 20.1 Å². The Hall–Kier alpha value is -3.04. The van der Waals surface area contributed by atoms with Gasteiger partial charge in [-0.25, -0.2) is 8.78 Å². The van der Waals surface area contributed by atoms with E-state index in [0.717, 1.165) is 0 Å². The van der Waals surface area contributed by atoms with Gasteiger partial charge in [0.15, 0.2) is 11.4 Å². The fraction of sp³-hybridized carbons (Fsp3) is 0.150. The highest BCUT2D eigenvalue weighted by atomic mass is 35.5. The molecule has 0 radical (unpaired) electrons. The number of aldehydes is 1. The fourth-order valence-electron chi connectivity index (χ4n) is 2.65. The number of halogens is 3. The molecule has 2 aromatic carbocycles. The maximum absolute atomic E-state index is 12.3. The average molecular weight is 452 g/mol. The first-order valence-corrected chi connectivity index (χ1v) is 9.42. The zero-order chi connectivity index (χ0) is 21.7. The smallest absolute Gasteiger partial charge is 0.255 e. The van der Waals surface area contributed by atoms with Gasteiger partial charge in [-0.05, 0) is 36.5 Å². The van der Waals surface area contributed by atoms with Crippen LogP contribution in [0.3, 0.4) is 0 Å². The molecule has 0 aliphatic heterocycles. The van der Waals surface area contributed by atoms with Crippen molar-refractivity contribution in [1.82, 2.24) is 10.3 Å². The molecule has 2 N–H and O–H groups in total. The zero-order valence-electron chi connectivity index (χ0n) is 15.6. The molecule has 0 atom stereocenters. The van der Waals surface area contributed by atoms with Gasteiger partial charge >= 0.3 is 0 Å². The molecule has 1 aromatic heterocycles. The maximum atomic E-state index is 12.3. The lowest BCUT2D eigenvalue weighted by molar-refractivity contribution is 0.112. The molecule has 6 nitrogen and oxygen atoms in total. The van der Waals surface area contributed by atoms with E-state index >= 15 is 0 Å². The number of alkyl halides is 2. The van der Waals surface area contributed by atoms with Crippen molar-refractivity contribution in [2.45, 2.75) is 6.43 Å². The van der Waals surface area contributed by atoms with Crippen LogP contribution in [0.5, 0.6) is 17.2 Å². The number of methoxy groups -OCH3 is 1. The first-order valence-electron chi connectivity index (χ1n) is 8.63. The van der Waals surface area contributed by atoms with Crippen LogP contribution in [0.1, 0.15) is 10.4 Å². The normalized spacial score (nSPS) is 10.7. The third-order valence-corrected chi connectivity index (χ3v) is 4.57. The minimum atomic E-state index is -2.52. The first-order chi connectivity index (χ1) is 14.4. The van der Waals surface area contributed by atoms with E-state index in [1.165, 1.54) is 7.11 Å². The van der Waals surface area contributed by atoms with Gasteiger partial charge in [0.2, 0.25) is 0 Å². The molecule has 0 fully saturated rings. The van der Waals surface area contributed by atoms with Crippen LogP contribution in [0.4, 0.5) is 14.5 Å². The summed E-state index contributed by atoms with van der Waals surface area (Å²) in [7, 11) is 1.47. The Balaban J connectivity index is 1.83. The van der Waals surface area contributed by atoms with Crippen LogP contribution < -0.4 is 20.1 Å². The van der Waals surface area contributed by atoms with Crippen LogP contribution in [0.15, 0.2) is 42.6 Å². The predicted molar refractivity (Wildman–Crippen MR) is 115 cm³/mol. The van der Waals surface area contributed by atoms with Crippen LogP contribution in [0.25, 0.3) is 10.9 Å². The average Bonchev–Trinajstić information content (AvgIpc) is 2.73. The Morgan fingerprint density at radius 2 is 2.07 bits per heavy atom. The van der Waals surface area contributed by atoms with Crippen molar-refractivity contribution in [3.8, 4) is 17.2 Å². The van der Waals surface area contributed by atoms with Gasteiger partial charge in [0.25, 0.3) is 6.43 Å². The van der Waals surface area contributed by atoms with Gasteiger partial charge in [-0.15, -0.1) is 0 Å². The van der Waals surface area contributed by atoms with Crippen molar-refractivity contribution in [1.29, 1.82) is 0 Å². The number of hydrogen-bond donors (Lipinski definition) is 2. The number of nitrogens with zero attached hydrogens (tertiary/aromatic N) is 1. The summed E-state index contributed by atoms with van der Waals surface area (Å²) in [5, 5.41) is 6.07. The number of carbonyl (C=O) groups excluding carboxylic acids is 1. The topological polar surface area (TPSA) is 72.5 Å². The molecule has 0 saturated heterocycles. The number of hydrogen-bond acceptors (Lipinski definition) is 5. The summed E-state index contributed by atoms with van der Waals surface area (Å²) in [4.78, 5) is 15.6. The molecule has 30 heavy (non-hydrogen) atoms. The number of ether oxygens (including phenoxy) is 2. The summed E-state index contributed by atoms with van der Waals surface area (Å²) >= 11 is 11.2. The van der Waals surface area contributed by atoms with E-state index in [-0.39, 0.29) is 10.1 Å². The van der Waals surface area contributed by atoms with Crippen molar-refractivity contribution < 1.29 is 23.0 Å². The van der Waals surface area contributed by atoms with Gasteiger partial charge in [0.1, 0.15) is 17.2 Å². The van der Waals surface area contributed by atoms with Crippen LogP contribution in [0, 0.1) is 0 Å². The number of anilines is 1. The molecule has 3 aromatic rings. The number of thiocarbonyl (C=S) groups is 1. The number of aromatic nitrogens is 1. The van der Waals surface area contributed by atoms with E-state index < -0.39 is 13.0 Å². The van der Waals surface area contributed by atoms with Crippen LogP contribution >= 0.6 is 23.8 Å². The van der Waals surface area contributed by atoms with E-state index in [4.69, 9.17) is 33.3 Å². The van der Waals surface area contributed by atoms with E-state index in [1.54, 1.807) is 42.6 Å². The molecule has 1 heterocycles. The second-order valence-corrected chi connectivity index (χ2v) is 6.82. The molecule has 0 amide bonds. The highest BCUT2D eigenvalue weighted by molar-refractivity contribution is 7.80. The summed E-state index contributed by atoms with van der Waals surface area (Å²) in [6.07, 6.45) is -0.259. The molecule has 0 aliphatic carbocycles. The highest BCUT2D eigenvalue weighted by Crippen LogP contribution is 2.34. The number of carbonyl (C=O) groups is 1. The van der Waals surface area contributed by atoms with Crippen LogP contribution in [-0.4, -0.2) is 36.5 Å². The Morgan fingerprint density at radius 1 is 1.27 bits per heavy atom. The lowest BCUT2D eigenvalue weighted by atomic mass is 10.1. The number of nitrogens with one attached hydrogen (secondary N) is 2. The quantitative estimate of drug-likeness (QED) is 0.384. The highest BCUT2D eigenvalue weighted by Gasteiger charge is 2.12. The molecular weight excluding hydrogens is 436 g/mol. The van der Waals surface area contributed by atoms with Crippen molar-refractivity contribution >= 4 is 51.8 Å². The zero-order valence-corrected chi connectivity index (χ0v) is 17.2. The summed E-state index contributed by atoms with van der Waals surface area (Å²) in [5.74, 6) is 1.31. The van der Waals surface area contributed by atoms with E-state index in [2.05, 4.69) is 15.6 Å². The van der Waals surface area contributed by atoms with Gasteiger partial charge in [-0.3, -0.25) is 9.78 Å². The molecule has 0 saturated carbocycles. The van der Waals surface area contributed by atoms with Crippen LogP contribution in [-0.2, 0) is 0 Å². The summed E-state index contributed by atoms with van der Waals surface area (Å²) in [6, 6.07) is 9.74. The number of pyridine rings is 1. The molecule has 3 rings (SSSR count). The lowest BCUT2D eigenvalue weighted by Crippen LogP contribution is -2.32. The van der Waals surface area contributed by atoms with Gasteiger partial charge in [0, 0.05) is 23.7 Å². The standard InChI is InChI=1S/C20H16ClF2N3O3S/c1-28-18-8-16-13(6-11(18)10-27)17(4-5-24-16)29-12-2-3-15(14(21)7-12)26-20(30)25-9-19(22)23/h2-8,10,19H,9H2,1H3,(H2,25,26,30). The third-order valence-electron chi connectivity index (χ3n) is 4.01. The Morgan fingerprint density at radius 3 is 2.73 bits per heavy atom. The summed E-state index contributed by atoms with van der Waals surface area (Å²) in [6.45, 7) is -0.562. The lowest BCUT2D eigenvalue weighted by Gasteiger charge is -2.14. The monoisotopic (exact) mass is 451 g/mol. The Bertz CT molecular complexity index is 1100. The van der Waals surface area contributed by atoms with Crippen molar-refractivity contribution in [2.75, 3.05) is 19.0 Å². The molecule has 0 unspecified atom stereocenters. The molecular formula is C20H16ClF2N3O3S. The molecule has 156 valence electrons. The Kier molecular flexibility index (Phi) is 6.96. The van der Waals surface area contributed by atoms with E-state index in [1.807, 2.05) is 0 Å². The minimum absolute atomic E-state index is 0.0290. The van der Waals surface area contributed by atoms with Crippen molar-refractivity contribution in [3.63, 3.8) is 0 Å². The molecule has 0 bridgehead atoms. The number of rotatable bonds is 7. The van der Waals surface area contributed by atoms with Gasteiger partial charge in [0.05, 0.1) is 35.4 Å². The number of fused-ring (bicyclic) bond motifs is 1. The SMILES string of the molecule is COc1cc2nccc(Oc3ccc(NC(=S)NCC(F)F)c(Cl)c3)c2cc1C=O. The Labute approximate surface area is 181 Å². The largest absolute Gasteiger partial charge is 0.496 e. The maximum Gasteiger partial charge on any atom is 0.255 e. The fourth-order valence-corrected chi connectivity index (χ4v) is 3.06.